The fraction of sp³-hybridized carbons (Fsp3) is 0.636. The van der Waals surface area contributed by atoms with Crippen LogP contribution in [0.5, 0.6) is 0 Å². The minimum atomic E-state index is -0.332. The predicted octanol–water partition coefficient (Wildman–Crippen LogP) is 2.93. The fourth-order valence-electron chi connectivity index (χ4n) is 1.77. The van der Waals surface area contributed by atoms with Gasteiger partial charge in [-0.05, 0) is 25.3 Å². The quantitative estimate of drug-likeness (QED) is 0.614. The summed E-state index contributed by atoms with van der Waals surface area (Å²) < 4.78 is 0. The van der Waals surface area contributed by atoms with Crippen molar-refractivity contribution >= 4 is 16.3 Å². The van der Waals surface area contributed by atoms with E-state index in [0.29, 0.717) is 6.04 Å². The van der Waals surface area contributed by atoms with E-state index >= 15 is 0 Å². The van der Waals surface area contributed by atoms with Crippen molar-refractivity contribution in [2.24, 2.45) is 5.92 Å². The van der Waals surface area contributed by atoms with Gasteiger partial charge >= 0.3 is 5.00 Å². The molecule has 1 N–H and O–H groups in total. The van der Waals surface area contributed by atoms with Crippen LogP contribution in [0.15, 0.2) is 12.1 Å². The Hall–Kier alpha value is -0.940. The molecule has 1 aromatic rings. The summed E-state index contributed by atoms with van der Waals surface area (Å²) in [5.41, 5.74) is 0. The van der Waals surface area contributed by atoms with Crippen molar-refractivity contribution in [2.45, 2.75) is 38.8 Å². The molecule has 0 saturated heterocycles. The van der Waals surface area contributed by atoms with E-state index in [2.05, 4.69) is 12.2 Å². The molecule has 1 aromatic heterocycles. The van der Waals surface area contributed by atoms with E-state index in [1.165, 1.54) is 30.6 Å². The number of nitro groups is 1. The lowest BCUT2D eigenvalue weighted by atomic mass is 10.1. The molecule has 2 rings (SSSR count). The minimum absolute atomic E-state index is 0.228. The smallest absolute Gasteiger partial charge is 0.309 e. The van der Waals surface area contributed by atoms with Gasteiger partial charge in [0.2, 0.25) is 0 Å². The van der Waals surface area contributed by atoms with Crippen molar-refractivity contribution in [3.8, 4) is 0 Å². The molecule has 1 aliphatic carbocycles. The number of thiophene rings is 1. The third-order valence-corrected chi connectivity index (χ3v) is 3.87. The van der Waals surface area contributed by atoms with Crippen LogP contribution in [0.2, 0.25) is 0 Å². The van der Waals surface area contributed by atoms with Gasteiger partial charge in [0, 0.05) is 23.5 Å². The van der Waals surface area contributed by atoms with Crippen LogP contribution in [0.25, 0.3) is 0 Å². The molecule has 0 aliphatic heterocycles. The highest BCUT2D eigenvalue weighted by Gasteiger charge is 2.23. The third kappa shape index (κ3) is 3.28. The molecule has 16 heavy (non-hydrogen) atoms. The van der Waals surface area contributed by atoms with E-state index in [1.807, 2.05) is 6.07 Å². The first-order valence-electron chi connectivity index (χ1n) is 5.61. The lowest BCUT2D eigenvalue weighted by molar-refractivity contribution is -0.380. The van der Waals surface area contributed by atoms with Gasteiger partial charge in [0.05, 0.1) is 4.92 Å². The molecule has 0 bridgehead atoms. The van der Waals surface area contributed by atoms with Crippen molar-refractivity contribution in [1.82, 2.24) is 5.32 Å². The van der Waals surface area contributed by atoms with Crippen LogP contribution < -0.4 is 5.32 Å². The van der Waals surface area contributed by atoms with Crippen LogP contribution in [0.4, 0.5) is 5.00 Å². The molecule has 0 aromatic carbocycles. The maximum Gasteiger partial charge on any atom is 0.324 e. The molecule has 1 atom stereocenters. The molecule has 0 radical (unpaired) electrons. The topological polar surface area (TPSA) is 55.2 Å². The third-order valence-electron chi connectivity index (χ3n) is 2.84. The van der Waals surface area contributed by atoms with Crippen LogP contribution in [-0.2, 0) is 6.54 Å². The molecule has 1 heterocycles. The predicted molar refractivity (Wildman–Crippen MR) is 64.6 cm³/mol. The first-order valence-corrected chi connectivity index (χ1v) is 6.43. The molecule has 1 saturated carbocycles. The SMILES string of the molecule is CC(CC1CC1)NCc1ccc([N+](=O)[O-])s1. The molecule has 1 fully saturated rings. The number of hydrogen-bond acceptors (Lipinski definition) is 4. The number of rotatable bonds is 6. The Kier molecular flexibility index (Phi) is 3.56. The summed E-state index contributed by atoms with van der Waals surface area (Å²) in [7, 11) is 0. The Labute approximate surface area is 98.8 Å². The molecule has 0 amide bonds. The standard InChI is InChI=1S/C11H16N2O2S/c1-8(6-9-2-3-9)12-7-10-4-5-11(16-10)13(14)15/h4-5,8-9,12H,2-3,6-7H2,1H3. The zero-order valence-electron chi connectivity index (χ0n) is 9.31. The summed E-state index contributed by atoms with van der Waals surface area (Å²) in [5.74, 6) is 0.917. The molecule has 1 aliphatic rings. The maximum absolute atomic E-state index is 10.5. The summed E-state index contributed by atoms with van der Waals surface area (Å²) >= 11 is 1.26. The molecule has 4 nitrogen and oxygen atoms in total. The van der Waals surface area contributed by atoms with Gasteiger partial charge in [-0.15, -0.1) is 0 Å². The molecule has 1 unspecified atom stereocenters. The van der Waals surface area contributed by atoms with Crippen molar-refractivity contribution < 1.29 is 4.92 Å². The first-order chi connectivity index (χ1) is 7.65. The van der Waals surface area contributed by atoms with Crippen LogP contribution in [-0.4, -0.2) is 11.0 Å². The van der Waals surface area contributed by atoms with Gasteiger partial charge in [0.15, 0.2) is 0 Å². The van der Waals surface area contributed by atoms with Gasteiger partial charge in [-0.3, -0.25) is 10.1 Å². The van der Waals surface area contributed by atoms with Gasteiger partial charge in [0.25, 0.3) is 0 Å². The Morgan fingerprint density at radius 2 is 2.38 bits per heavy atom. The average Bonchev–Trinajstić information content (AvgIpc) is 2.91. The monoisotopic (exact) mass is 240 g/mol. The van der Waals surface area contributed by atoms with Crippen molar-refractivity contribution in [3.05, 3.63) is 27.1 Å². The van der Waals surface area contributed by atoms with Crippen molar-refractivity contribution in [3.63, 3.8) is 0 Å². The van der Waals surface area contributed by atoms with E-state index in [4.69, 9.17) is 0 Å². The summed E-state index contributed by atoms with van der Waals surface area (Å²) in [6.45, 7) is 2.92. The highest BCUT2D eigenvalue weighted by molar-refractivity contribution is 7.15. The first kappa shape index (κ1) is 11.5. The summed E-state index contributed by atoms with van der Waals surface area (Å²) in [6, 6.07) is 3.92. The largest absolute Gasteiger partial charge is 0.324 e. The second-order valence-corrected chi connectivity index (χ2v) is 5.60. The van der Waals surface area contributed by atoms with Gasteiger partial charge < -0.3 is 5.32 Å². The molecule has 88 valence electrons. The van der Waals surface area contributed by atoms with Gasteiger partial charge in [-0.2, -0.15) is 0 Å². The van der Waals surface area contributed by atoms with Crippen LogP contribution in [0.3, 0.4) is 0 Å². The number of nitrogens with one attached hydrogen (secondary N) is 1. The van der Waals surface area contributed by atoms with Crippen LogP contribution >= 0.6 is 11.3 Å². The Balaban J connectivity index is 1.76. The number of nitrogens with zero attached hydrogens (tertiary/aromatic N) is 1. The Morgan fingerprint density at radius 3 is 2.94 bits per heavy atom. The second kappa shape index (κ2) is 4.93. The lowest BCUT2D eigenvalue weighted by Gasteiger charge is -2.11. The van der Waals surface area contributed by atoms with E-state index in [1.54, 1.807) is 6.07 Å². The molecule has 0 spiro atoms. The Bertz CT molecular complexity index is 374. The van der Waals surface area contributed by atoms with Crippen molar-refractivity contribution in [1.29, 1.82) is 0 Å². The summed E-state index contributed by atoms with van der Waals surface area (Å²) in [5, 5.41) is 14.1. The fourth-order valence-corrected chi connectivity index (χ4v) is 2.54. The van der Waals surface area contributed by atoms with Crippen molar-refractivity contribution in [2.75, 3.05) is 0 Å². The summed E-state index contributed by atoms with van der Waals surface area (Å²) in [6.07, 6.45) is 3.97. The lowest BCUT2D eigenvalue weighted by Crippen LogP contribution is -2.25. The Morgan fingerprint density at radius 1 is 1.62 bits per heavy atom. The van der Waals surface area contributed by atoms with E-state index < -0.39 is 0 Å². The van der Waals surface area contributed by atoms with Gasteiger partial charge in [0.1, 0.15) is 0 Å². The molecular formula is C11H16N2O2S. The number of hydrogen-bond donors (Lipinski definition) is 1. The zero-order chi connectivity index (χ0) is 11.5. The highest BCUT2D eigenvalue weighted by atomic mass is 32.1. The van der Waals surface area contributed by atoms with E-state index in [9.17, 15) is 10.1 Å². The normalized spacial score (nSPS) is 17.3. The molecule has 5 heteroatoms. The maximum atomic E-state index is 10.5. The van der Waals surface area contributed by atoms with E-state index in [-0.39, 0.29) is 9.92 Å². The zero-order valence-corrected chi connectivity index (χ0v) is 10.1. The van der Waals surface area contributed by atoms with Gasteiger partial charge in [-0.25, -0.2) is 0 Å². The average molecular weight is 240 g/mol. The van der Waals surface area contributed by atoms with E-state index in [0.717, 1.165) is 17.3 Å². The van der Waals surface area contributed by atoms with Crippen LogP contribution in [0, 0.1) is 16.0 Å². The highest BCUT2D eigenvalue weighted by Crippen LogP contribution is 2.33. The molecular weight excluding hydrogens is 224 g/mol. The summed E-state index contributed by atoms with van der Waals surface area (Å²) in [4.78, 5) is 11.2. The van der Waals surface area contributed by atoms with Gasteiger partial charge in [-0.1, -0.05) is 24.2 Å². The minimum Gasteiger partial charge on any atom is -0.309 e. The second-order valence-electron chi connectivity index (χ2n) is 4.46. The van der Waals surface area contributed by atoms with Crippen LogP contribution in [0.1, 0.15) is 31.1 Å².